The van der Waals surface area contributed by atoms with Gasteiger partial charge in [-0.2, -0.15) is 5.26 Å². The molecule has 118 valence electrons. The van der Waals surface area contributed by atoms with Gasteiger partial charge in [0.15, 0.2) is 0 Å². The molecule has 0 spiro atoms. The predicted octanol–water partition coefficient (Wildman–Crippen LogP) is 3.50. The van der Waals surface area contributed by atoms with Crippen molar-refractivity contribution < 1.29 is 9.13 Å². The van der Waals surface area contributed by atoms with Crippen molar-refractivity contribution in [1.82, 2.24) is 10.2 Å². The molecule has 3 aromatic rings. The van der Waals surface area contributed by atoms with Crippen molar-refractivity contribution in [3.05, 3.63) is 70.2 Å². The largest absolute Gasteiger partial charge is 0.420 e. The molecule has 0 unspecified atom stereocenters. The Labute approximate surface area is 140 Å². The number of fused-ring (bicyclic) bond motifs is 1. The van der Waals surface area contributed by atoms with E-state index >= 15 is 0 Å². The second-order valence-corrected chi connectivity index (χ2v) is 6.22. The molecule has 1 aliphatic heterocycles. The van der Waals surface area contributed by atoms with Gasteiger partial charge in [-0.25, -0.2) is 4.39 Å². The summed E-state index contributed by atoms with van der Waals surface area (Å²) in [6, 6.07) is 12.1. The minimum Gasteiger partial charge on any atom is -0.420 e. The lowest BCUT2D eigenvalue weighted by Gasteiger charge is -2.23. The zero-order chi connectivity index (χ0) is 16.7. The normalized spacial score (nSPS) is 16.4. The molecule has 0 saturated heterocycles. The molecular weight excluding hydrogens is 327 g/mol. The van der Waals surface area contributed by atoms with Crippen LogP contribution in [0.2, 0.25) is 0 Å². The average molecular weight is 338 g/mol. The number of aromatic amines is 1. The van der Waals surface area contributed by atoms with Gasteiger partial charge in [0.2, 0.25) is 11.8 Å². The summed E-state index contributed by atoms with van der Waals surface area (Å²) < 4.78 is 19.2. The van der Waals surface area contributed by atoms with Gasteiger partial charge in [0.25, 0.3) is 0 Å². The Morgan fingerprint density at radius 2 is 2.21 bits per heavy atom. The lowest BCUT2D eigenvalue weighted by molar-refractivity contribution is 0.379. The van der Waals surface area contributed by atoms with Crippen LogP contribution in [0.4, 0.5) is 4.39 Å². The van der Waals surface area contributed by atoms with E-state index in [9.17, 15) is 9.65 Å². The van der Waals surface area contributed by atoms with E-state index in [-0.39, 0.29) is 17.3 Å². The smallest absolute Gasteiger partial charge is 0.244 e. The number of hydrogen-bond acceptors (Lipinski definition) is 5. The number of hydrogen-bond donors (Lipinski definition) is 2. The van der Waals surface area contributed by atoms with Crippen molar-refractivity contribution in [2.75, 3.05) is 0 Å². The third-order valence-electron chi connectivity index (χ3n) is 3.89. The van der Waals surface area contributed by atoms with Crippen molar-refractivity contribution in [2.24, 2.45) is 5.73 Å². The van der Waals surface area contributed by atoms with Crippen LogP contribution in [0.15, 0.2) is 53.2 Å². The van der Waals surface area contributed by atoms with Crippen LogP contribution >= 0.6 is 11.3 Å². The van der Waals surface area contributed by atoms with Crippen LogP contribution in [0.3, 0.4) is 0 Å². The lowest BCUT2D eigenvalue weighted by Crippen LogP contribution is -2.21. The molecule has 1 aromatic carbocycles. The van der Waals surface area contributed by atoms with E-state index in [4.69, 9.17) is 10.5 Å². The summed E-state index contributed by atoms with van der Waals surface area (Å²) in [6.45, 7) is 0. The summed E-state index contributed by atoms with van der Waals surface area (Å²) in [7, 11) is 0. The highest BCUT2D eigenvalue weighted by Crippen LogP contribution is 2.46. The van der Waals surface area contributed by atoms with E-state index in [1.807, 2.05) is 17.5 Å². The van der Waals surface area contributed by atoms with E-state index in [2.05, 4.69) is 16.3 Å². The van der Waals surface area contributed by atoms with Crippen molar-refractivity contribution in [1.29, 1.82) is 5.26 Å². The number of halogens is 1. The van der Waals surface area contributed by atoms with Gasteiger partial charge in [-0.05, 0) is 29.1 Å². The molecule has 2 aromatic heterocycles. The van der Waals surface area contributed by atoms with Gasteiger partial charge in [-0.1, -0.05) is 18.2 Å². The quantitative estimate of drug-likeness (QED) is 0.748. The summed E-state index contributed by atoms with van der Waals surface area (Å²) in [5.74, 6) is -0.615. The molecule has 5 nitrogen and oxygen atoms in total. The molecule has 0 aliphatic carbocycles. The Bertz CT molecular complexity index is 984. The van der Waals surface area contributed by atoms with E-state index in [0.717, 1.165) is 10.6 Å². The van der Waals surface area contributed by atoms with Crippen LogP contribution in [0.5, 0.6) is 5.88 Å². The van der Waals surface area contributed by atoms with Gasteiger partial charge in [0.1, 0.15) is 17.5 Å². The Balaban J connectivity index is 1.97. The van der Waals surface area contributed by atoms with Crippen LogP contribution in [0.1, 0.15) is 17.0 Å². The van der Waals surface area contributed by atoms with Gasteiger partial charge >= 0.3 is 0 Å². The average Bonchev–Trinajstić information content (AvgIpc) is 3.22. The third-order valence-corrected chi connectivity index (χ3v) is 4.78. The molecular formula is C17H11FN4OS. The fourth-order valence-corrected chi connectivity index (χ4v) is 3.61. The molecule has 24 heavy (non-hydrogen) atoms. The van der Waals surface area contributed by atoms with Gasteiger partial charge in [0, 0.05) is 0 Å². The first-order valence-electron chi connectivity index (χ1n) is 7.14. The van der Waals surface area contributed by atoms with Crippen LogP contribution in [-0.4, -0.2) is 10.2 Å². The van der Waals surface area contributed by atoms with Gasteiger partial charge < -0.3 is 10.5 Å². The Morgan fingerprint density at radius 3 is 2.92 bits per heavy atom. The molecule has 0 fully saturated rings. The van der Waals surface area contributed by atoms with Crippen molar-refractivity contribution >= 4 is 11.3 Å². The van der Waals surface area contributed by atoms with E-state index in [1.165, 1.54) is 23.5 Å². The number of nitrogens with two attached hydrogens (primary N) is 1. The molecule has 0 amide bonds. The fraction of sp³-hybridized carbons (Fsp3) is 0.0588. The minimum absolute atomic E-state index is 0.0107. The SMILES string of the molecule is N#CC1=C(N)Oc2n[nH]c(-c3cccs3)c2[C@@H]1c1cccc(F)c1. The minimum atomic E-state index is -0.537. The molecule has 3 heterocycles. The number of thiophene rings is 1. The van der Waals surface area contributed by atoms with Crippen molar-refractivity contribution in [3.63, 3.8) is 0 Å². The first-order valence-corrected chi connectivity index (χ1v) is 8.02. The molecule has 1 atom stereocenters. The third kappa shape index (κ3) is 2.16. The van der Waals surface area contributed by atoms with Gasteiger partial charge in [-0.3, -0.25) is 5.10 Å². The standard InChI is InChI=1S/C17H11FN4OS/c18-10-4-1-3-9(7-10)13-11(8-19)16(20)23-17-14(13)15(21-22-17)12-5-2-6-24-12/h1-7,13H,20H2,(H,21,22)/t13-/m1/s1. The number of allylic oxidation sites excluding steroid dienone is 1. The molecule has 3 N–H and O–H groups in total. The summed E-state index contributed by atoms with van der Waals surface area (Å²) in [4.78, 5) is 0.950. The number of nitriles is 1. The highest BCUT2D eigenvalue weighted by Gasteiger charge is 2.35. The molecule has 4 rings (SSSR count). The molecule has 0 bridgehead atoms. The first-order chi connectivity index (χ1) is 11.7. The number of nitrogens with zero attached hydrogens (tertiary/aromatic N) is 2. The molecule has 1 aliphatic rings. The van der Waals surface area contributed by atoms with Crippen LogP contribution in [0.25, 0.3) is 10.6 Å². The Hall–Kier alpha value is -3.11. The number of aromatic nitrogens is 2. The Kier molecular flexibility index (Phi) is 3.32. The van der Waals surface area contributed by atoms with Crippen LogP contribution < -0.4 is 10.5 Å². The summed E-state index contributed by atoms with van der Waals surface area (Å²) in [5, 5.41) is 18.6. The maximum Gasteiger partial charge on any atom is 0.244 e. The molecule has 0 saturated carbocycles. The van der Waals surface area contributed by atoms with E-state index in [1.54, 1.807) is 12.1 Å². The molecule has 7 heteroatoms. The van der Waals surface area contributed by atoms with Crippen LogP contribution in [-0.2, 0) is 0 Å². The zero-order valence-electron chi connectivity index (χ0n) is 12.3. The number of ether oxygens (including phenoxy) is 1. The second kappa shape index (κ2) is 5.51. The number of benzene rings is 1. The fourth-order valence-electron chi connectivity index (χ4n) is 2.87. The summed E-state index contributed by atoms with van der Waals surface area (Å²) in [6.07, 6.45) is 0. The van der Waals surface area contributed by atoms with Crippen molar-refractivity contribution in [3.8, 4) is 22.5 Å². The molecule has 0 radical (unpaired) electrons. The number of nitrogens with one attached hydrogen (secondary N) is 1. The second-order valence-electron chi connectivity index (χ2n) is 5.27. The monoisotopic (exact) mass is 338 g/mol. The van der Waals surface area contributed by atoms with Crippen LogP contribution in [0, 0.1) is 17.1 Å². The topological polar surface area (TPSA) is 87.7 Å². The van der Waals surface area contributed by atoms with Gasteiger partial charge in [0.05, 0.1) is 22.1 Å². The maximum atomic E-state index is 13.7. The van der Waals surface area contributed by atoms with Crippen molar-refractivity contribution in [2.45, 2.75) is 5.92 Å². The highest BCUT2D eigenvalue weighted by molar-refractivity contribution is 7.13. The highest BCUT2D eigenvalue weighted by atomic mass is 32.1. The summed E-state index contributed by atoms with van der Waals surface area (Å²) >= 11 is 1.53. The maximum absolute atomic E-state index is 13.7. The Morgan fingerprint density at radius 1 is 1.33 bits per heavy atom. The van der Waals surface area contributed by atoms with E-state index < -0.39 is 5.92 Å². The first kappa shape index (κ1) is 14.5. The predicted molar refractivity (Wildman–Crippen MR) is 87.6 cm³/mol. The lowest BCUT2D eigenvalue weighted by atomic mass is 9.84. The number of H-pyrrole nitrogens is 1. The zero-order valence-corrected chi connectivity index (χ0v) is 13.1. The number of rotatable bonds is 2. The summed E-state index contributed by atoms with van der Waals surface area (Å²) in [5.41, 5.74) is 8.19. The van der Waals surface area contributed by atoms with Gasteiger partial charge in [-0.15, -0.1) is 16.4 Å². The van der Waals surface area contributed by atoms with E-state index in [0.29, 0.717) is 17.0 Å².